The molecule has 1 aliphatic carbocycles. The van der Waals surface area contributed by atoms with E-state index in [0.717, 1.165) is 55.2 Å². The maximum absolute atomic E-state index is 13.0. The molecule has 1 saturated carbocycles. The second kappa shape index (κ2) is 10.4. The SMILES string of the molecule is Cc1cccc(-c2nnc(-c3ccc(C(=O)N4CCC(NC(=O)C5CCCCC5)CC4)cc3)o2)c1. The summed E-state index contributed by atoms with van der Waals surface area (Å²) in [5.41, 5.74) is 3.42. The number of nitrogens with one attached hydrogen (secondary N) is 1. The van der Waals surface area contributed by atoms with Gasteiger partial charge in [0.15, 0.2) is 0 Å². The fourth-order valence-electron chi connectivity index (χ4n) is 5.08. The van der Waals surface area contributed by atoms with Crippen LogP contribution in [0.1, 0.15) is 60.9 Å². The highest BCUT2D eigenvalue weighted by Gasteiger charge is 2.27. The lowest BCUT2D eigenvalue weighted by molar-refractivity contribution is -0.126. The molecule has 182 valence electrons. The minimum atomic E-state index is 0.0135. The van der Waals surface area contributed by atoms with Crippen molar-refractivity contribution in [1.82, 2.24) is 20.4 Å². The van der Waals surface area contributed by atoms with E-state index in [4.69, 9.17) is 4.42 Å². The van der Waals surface area contributed by atoms with Gasteiger partial charge in [-0.05, 0) is 69.0 Å². The summed E-state index contributed by atoms with van der Waals surface area (Å²) in [6.07, 6.45) is 7.17. The molecule has 1 saturated heterocycles. The Hall–Kier alpha value is -3.48. The monoisotopic (exact) mass is 472 g/mol. The first-order valence-electron chi connectivity index (χ1n) is 12.7. The third-order valence-corrected chi connectivity index (χ3v) is 7.17. The molecule has 7 nitrogen and oxygen atoms in total. The molecule has 2 amide bonds. The van der Waals surface area contributed by atoms with Crippen LogP contribution >= 0.6 is 0 Å². The molecule has 0 atom stereocenters. The van der Waals surface area contributed by atoms with Crippen LogP contribution in [-0.4, -0.2) is 46.0 Å². The maximum Gasteiger partial charge on any atom is 0.253 e. The van der Waals surface area contributed by atoms with Crippen LogP contribution in [0.4, 0.5) is 0 Å². The molecular weight excluding hydrogens is 440 g/mol. The van der Waals surface area contributed by atoms with Crippen molar-refractivity contribution < 1.29 is 14.0 Å². The van der Waals surface area contributed by atoms with Gasteiger partial charge in [0.2, 0.25) is 17.7 Å². The number of piperidine rings is 1. The zero-order valence-corrected chi connectivity index (χ0v) is 20.2. The van der Waals surface area contributed by atoms with Gasteiger partial charge in [0.05, 0.1) is 0 Å². The first kappa shape index (κ1) is 23.3. The average molecular weight is 473 g/mol. The second-order valence-electron chi connectivity index (χ2n) is 9.77. The Morgan fingerprint density at radius 1 is 0.886 bits per heavy atom. The predicted molar refractivity (Wildman–Crippen MR) is 134 cm³/mol. The van der Waals surface area contributed by atoms with Crippen molar-refractivity contribution in [2.45, 2.75) is 57.9 Å². The van der Waals surface area contributed by atoms with Gasteiger partial charge in [-0.25, -0.2) is 0 Å². The van der Waals surface area contributed by atoms with Gasteiger partial charge in [0.25, 0.3) is 5.91 Å². The molecule has 2 fully saturated rings. The molecule has 2 heterocycles. The summed E-state index contributed by atoms with van der Waals surface area (Å²) in [6, 6.07) is 15.4. The number of carbonyl (C=O) groups is 2. The molecule has 7 heteroatoms. The highest BCUT2D eigenvalue weighted by Crippen LogP contribution is 2.26. The lowest BCUT2D eigenvalue weighted by atomic mass is 9.88. The summed E-state index contributed by atoms with van der Waals surface area (Å²) in [4.78, 5) is 27.4. The Kier molecular flexibility index (Phi) is 6.93. The van der Waals surface area contributed by atoms with E-state index >= 15 is 0 Å². The number of aryl methyl sites for hydroxylation is 1. The summed E-state index contributed by atoms with van der Waals surface area (Å²) in [5, 5.41) is 11.6. The van der Waals surface area contributed by atoms with E-state index in [2.05, 4.69) is 15.5 Å². The number of aromatic nitrogens is 2. The van der Waals surface area contributed by atoms with E-state index in [9.17, 15) is 9.59 Å². The van der Waals surface area contributed by atoms with Gasteiger partial charge in [-0.3, -0.25) is 9.59 Å². The first-order chi connectivity index (χ1) is 17.1. The van der Waals surface area contributed by atoms with Gasteiger partial charge in [-0.1, -0.05) is 37.0 Å². The Labute approximate surface area is 205 Å². The van der Waals surface area contributed by atoms with Crippen LogP contribution in [0.3, 0.4) is 0 Å². The van der Waals surface area contributed by atoms with E-state index in [1.165, 1.54) is 6.42 Å². The molecule has 2 aliphatic rings. The molecule has 1 aromatic heterocycles. The molecule has 35 heavy (non-hydrogen) atoms. The predicted octanol–water partition coefficient (Wildman–Crippen LogP) is 5.01. The van der Waals surface area contributed by atoms with Gasteiger partial charge in [-0.2, -0.15) is 0 Å². The quantitative estimate of drug-likeness (QED) is 0.564. The lowest BCUT2D eigenvalue weighted by Gasteiger charge is -2.33. The molecule has 1 aliphatic heterocycles. The number of nitrogens with zero attached hydrogens (tertiary/aromatic N) is 3. The first-order valence-corrected chi connectivity index (χ1v) is 12.7. The molecule has 0 spiro atoms. The highest BCUT2D eigenvalue weighted by atomic mass is 16.4. The van der Waals surface area contributed by atoms with E-state index in [1.54, 1.807) is 0 Å². The largest absolute Gasteiger partial charge is 0.416 e. The summed E-state index contributed by atoms with van der Waals surface area (Å²) in [5.74, 6) is 1.29. The number of carbonyl (C=O) groups excluding carboxylic acids is 2. The van der Waals surface area contributed by atoms with Gasteiger partial charge < -0.3 is 14.6 Å². The topological polar surface area (TPSA) is 88.3 Å². The van der Waals surface area contributed by atoms with Crippen molar-refractivity contribution in [3.63, 3.8) is 0 Å². The standard InChI is InChI=1S/C28H32N4O3/c1-19-6-5-9-23(18-19)27-31-30-26(35-27)21-10-12-22(13-11-21)28(34)32-16-14-24(15-17-32)29-25(33)20-7-3-2-4-8-20/h5-6,9-13,18,20,24H,2-4,7-8,14-17H2,1H3,(H,29,33). The van der Waals surface area contributed by atoms with E-state index in [0.29, 0.717) is 30.4 Å². The maximum atomic E-state index is 13.0. The van der Waals surface area contributed by atoms with Crippen molar-refractivity contribution in [3.8, 4) is 22.9 Å². The van der Waals surface area contributed by atoms with Crippen LogP contribution in [0.2, 0.25) is 0 Å². The molecule has 5 rings (SSSR count). The summed E-state index contributed by atoms with van der Waals surface area (Å²) >= 11 is 0. The normalized spacial score (nSPS) is 17.3. The fraction of sp³-hybridized carbons (Fsp3) is 0.429. The third kappa shape index (κ3) is 5.45. The van der Waals surface area contributed by atoms with Crippen LogP contribution in [0, 0.1) is 12.8 Å². The van der Waals surface area contributed by atoms with E-state index < -0.39 is 0 Å². The number of likely N-dealkylation sites (tertiary alicyclic amines) is 1. The van der Waals surface area contributed by atoms with Crippen LogP contribution in [0.25, 0.3) is 22.9 Å². The molecule has 0 unspecified atom stereocenters. The summed E-state index contributed by atoms with van der Waals surface area (Å²) in [6.45, 7) is 3.33. The van der Waals surface area contributed by atoms with E-state index in [1.807, 2.05) is 60.4 Å². The Morgan fingerprint density at radius 3 is 2.26 bits per heavy atom. The zero-order valence-electron chi connectivity index (χ0n) is 20.2. The Bertz CT molecular complexity index is 1170. The average Bonchev–Trinajstić information content (AvgIpc) is 3.40. The van der Waals surface area contributed by atoms with E-state index in [-0.39, 0.29) is 23.8 Å². The van der Waals surface area contributed by atoms with Crippen molar-refractivity contribution in [2.75, 3.05) is 13.1 Å². The van der Waals surface area contributed by atoms with Gasteiger partial charge in [0.1, 0.15) is 0 Å². The van der Waals surface area contributed by atoms with Gasteiger partial charge in [0, 0.05) is 41.7 Å². The lowest BCUT2D eigenvalue weighted by Crippen LogP contribution is -2.48. The molecule has 0 radical (unpaired) electrons. The molecule has 3 aromatic rings. The Balaban J connectivity index is 1.16. The number of benzene rings is 2. The number of amides is 2. The zero-order chi connectivity index (χ0) is 24.2. The highest BCUT2D eigenvalue weighted by molar-refractivity contribution is 5.94. The minimum Gasteiger partial charge on any atom is -0.416 e. The van der Waals surface area contributed by atoms with Crippen molar-refractivity contribution in [2.24, 2.45) is 5.92 Å². The smallest absolute Gasteiger partial charge is 0.253 e. The second-order valence-corrected chi connectivity index (χ2v) is 9.77. The van der Waals surface area contributed by atoms with Crippen molar-refractivity contribution in [1.29, 1.82) is 0 Å². The van der Waals surface area contributed by atoms with Crippen molar-refractivity contribution in [3.05, 3.63) is 59.7 Å². The minimum absolute atomic E-state index is 0.0135. The van der Waals surface area contributed by atoms with Crippen LogP contribution in [-0.2, 0) is 4.79 Å². The van der Waals surface area contributed by atoms with Crippen LogP contribution in [0.15, 0.2) is 52.9 Å². The number of hydrogen-bond donors (Lipinski definition) is 1. The molecule has 1 N–H and O–H groups in total. The third-order valence-electron chi connectivity index (χ3n) is 7.17. The van der Waals surface area contributed by atoms with Crippen LogP contribution in [0.5, 0.6) is 0 Å². The van der Waals surface area contributed by atoms with Crippen molar-refractivity contribution >= 4 is 11.8 Å². The molecule has 2 aromatic carbocycles. The number of rotatable bonds is 5. The van der Waals surface area contributed by atoms with Crippen LogP contribution < -0.4 is 5.32 Å². The molecular formula is C28H32N4O3. The number of hydrogen-bond acceptors (Lipinski definition) is 5. The fourth-order valence-corrected chi connectivity index (χ4v) is 5.08. The Morgan fingerprint density at radius 2 is 1.57 bits per heavy atom. The summed E-state index contributed by atoms with van der Waals surface area (Å²) < 4.78 is 5.86. The van der Waals surface area contributed by atoms with Gasteiger partial charge >= 0.3 is 0 Å². The molecule has 0 bridgehead atoms. The summed E-state index contributed by atoms with van der Waals surface area (Å²) in [7, 11) is 0. The van der Waals surface area contributed by atoms with Gasteiger partial charge in [-0.15, -0.1) is 10.2 Å².